The van der Waals surface area contributed by atoms with Gasteiger partial charge in [-0.1, -0.05) is 0 Å². The van der Waals surface area contributed by atoms with E-state index < -0.39 is 12.0 Å². The van der Waals surface area contributed by atoms with Crippen molar-refractivity contribution in [3.05, 3.63) is 0 Å². The molecule has 1 atom stereocenters. The highest BCUT2D eigenvalue weighted by molar-refractivity contribution is 5.85. The fraction of sp³-hybridized carbons (Fsp3) is 0.600. The van der Waals surface area contributed by atoms with Crippen molar-refractivity contribution in [2.75, 3.05) is 0 Å². The maximum absolute atomic E-state index is 10.3. The Labute approximate surface area is 52.7 Å². The van der Waals surface area contributed by atoms with E-state index in [1.54, 1.807) is 0 Å². The zero-order valence-electron chi connectivity index (χ0n) is 5.13. The van der Waals surface area contributed by atoms with Crippen molar-refractivity contribution in [1.29, 1.82) is 0 Å². The molecule has 0 aliphatic carbocycles. The molecule has 0 bridgehead atoms. The van der Waals surface area contributed by atoms with Crippen LogP contribution < -0.4 is 5.73 Å². The van der Waals surface area contributed by atoms with Crippen LogP contribution in [0, 0.1) is 0 Å². The third-order valence-electron chi connectivity index (χ3n) is 0.917. The lowest BCUT2D eigenvalue weighted by molar-refractivity contribution is -0.138. The maximum Gasteiger partial charge on any atom is 0.305 e. The molecule has 0 aromatic heterocycles. The van der Waals surface area contributed by atoms with Crippen LogP contribution >= 0.6 is 0 Å². The fourth-order valence-corrected chi connectivity index (χ4v) is 0.332. The van der Waals surface area contributed by atoms with E-state index >= 15 is 0 Å². The standard InChI is InChI=1S/C5H9NO3/c1-3(7)4(6)2-5(8)9/h4H,2,6H2,1H3,(H,8,9). The summed E-state index contributed by atoms with van der Waals surface area (Å²) in [5, 5.41) is 8.10. The van der Waals surface area contributed by atoms with Gasteiger partial charge in [0, 0.05) is 0 Å². The third kappa shape index (κ3) is 3.66. The van der Waals surface area contributed by atoms with Gasteiger partial charge in [0.1, 0.15) is 5.78 Å². The second-order valence-electron chi connectivity index (χ2n) is 1.82. The molecule has 3 N–H and O–H groups in total. The first-order chi connectivity index (χ1) is 4.04. The van der Waals surface area contributed by atoms with Crippen molar-refractivity contribution < 1.29 is 14.7 Å². The number of Topliss-reactive ketones (excluding diaryl/α,β-unsaturated/α-hetero) is 1. The monoisotopic (exact) mass is 131 g/mol. The molecule has 9 heavy (non-hydrogen) atoms. The van der Waals surface area contributed by atoms with E-state index in [9.17, 15) is 9.59 Å². The maximum atomic E-state index is 10.3. The van der Waals surface area contributed by atoms with Crippen molar-refractivity contribution in [1.82, 2.24) is 0 Å². The van der Waals surface area contributed by atoms with Gasteiger partial charge in [-0.15, -0.1) is 0 Å². The Morgan fingerprint density at radius 2 is 2.11 bits per heavy atom. The van der Waals surface area contributed by atoms with Crippen molar-refractivity contribution >= 4 is 11.8 Å². The van der Waals surface area contributed by atoms with Crippen LogP contribution in [-0.4, -0.2) is 22.9 Å². The number of ketones is 1. The summed E-state index contributed by atoms with van der Waals surface area (Å²) < 4.78 is 0. The van der Waals surface area contributed by atoms with E-state index in [1.807, 2.05) is 0 Å². The largest absolute Gasteiger partial charge is 0.481 e. The average molecular weight is 131 g/mol. The van der Waals surface area contributed by atoms with Gasteiger partial charge in [-0.3, -0.25) is 9.59 Å². The second-order valence-corrected chi connectivity index (χ2v) is 1.82. The quantitative estimate of drug-likeness (QED) is 0.534. The molecule has 0 aliphatic rings. The van der Waals surface area contributed by atoms with Gasteiger partial charge >= 0.3 is 5.97 Å². The molecule has 4 heteroatoms. The molecule has 0 saturated heterocycles. The van der Waals surface area contributed by atoms with E-state index in [0.717, 1.165) is 0 Å². The highest BCUT2D eigenvalue weighted by Crippen LogP contribution is 1.87. The molecular formula is C5H9NO3. The van der Waals surface area contributed by atoms with Crippen LogP contribution in [0.15, 0.2) is 0 Å². The van der Waals surface area contributed by atoms with Gasteiger partial charge in [0.05, 0.1) is 12.5 Å². The summed E-state index contributed by atoms with van der Waals surface area (Å²) in [7, 11) is 0. The first-order valence-electron chi connectivity index (χ1n) is 2.52. The Morgan fingerprint density at radius 3 is 2.22 bits per heavy atom. The van der Waals surface area contributed by atoms with Crippen molar-refractivity contribution in [3.63, 3.8) is 0 Å². The summed E-state index contributed by atoms with van der Waals surface area (Å²) >= 11 is 0. The van der Waals surface area contributed by atoms with Gasteiger partial charge in [0.2, 0.25) is 0 Å². The molecule has 0 aromatic carbocycles. The normalized spacial score (nSPS) is 12.7. The molecule has 0 rings (SSSR count). The molecular weight excluding hydrogens is 122 g/mol. The summed E-state index contributed by atoms with van der Waals surface area (Å²) in [6.45, 7) is 1.27. The first-order valence-corrected chi connectivity index (χ1v) is 2.52. The first kappa shape index (κ1) is 8.10. The summed E-state index contributed by atoms with van der Waals surface area (Å²) in [5.41, 5.74) is 5.09. The van der Waals surface area contributed by atoms with Crippen molar-refractivity contribution in [3.8, 4) is 0 Å². The van der Waals surface area contributed by atoms with Gasteiger partial charge in [0.15, 0.2) is 0 Å². The zero-order chi connectivity index (χ0) is 7.44. The Hall–Kier alpha value is -0.900. The SMILES string of the molecule is CC(=O)C(N)CC(=O)O. The molecule has 0 spiro atoms. The summed E-state index contributed by atoms with van der Waals surface area (Å²) in [6, 6.07) is -0.845. The number of aliphatic carboxylic acids is 1. The van der Waals surface area contributed by atoms with Crippen LogP contribution in [-0.2, 0) is 9.59 Å². The lowest BCUT2D eigenvalue weighted by Gasteiger charge is -2.00. The number of nitrogens with two attached hydrogens (primary N) is 1. The Morgan fingerprint density at radius 1 is 1.67 bits per heavy atom. The molecule has 0 heterocycles. The van der Waals surface area contributed by atoms with E-state index in [2.05, 4.69) is 0 Å². The number of carbonyl (C=O) groups excluding carboxylic acids is 1. The summed E-state index contributed by atoms with van der Waals surface area (Å²) in [5.74, 6) is -1.34. The Balaban J connectivity index is 3.63. The molecule has 0 aliphatic heterocycles. The van der Waals surface area contributed by atoms with Gasteiger partial charge in [-0.25, -0.2) is 0 Å². The molecule has 52 valence electrons. The van der Waals surface area contributed by atoms with Gasteiger partial charge in [-0.2, -0.15) is 0 Å². The van der Waals surface area contributed by atoms with E-state index in [0.29, 0.717) is 0 Å². The van der Waals surface area contributed by atoms with Crippen LogP contribution in [0.4, 0.5) is 0 Å². The van der Waals surface area contributed by atoms with E-state index in [4.69, 9.17) is 10.8 Å². The molecule has 4 nitrogen and oxygen atoms in total. The smallest absolute Gasteiger partial charge is 0.305 e. The van der Waals surface area contributed by atoms with Crippen LogP contribution in [0.2, 0.25) is 0 Å². The minimum Gasteiger partial charge on any atom is -0.481 e. The molecule has 1 unspecified atom stereocenters. The molecule has 0 radical (unpaired) electrons. The highest BCUT2D eigenvalue weighted by atomic mass is 16.4. The number of hydrogen-bond acceptors (Lipinski definition) is 3. The number of carboxylic acid groups (broad SMARTS) is 1. The number of carboxylic acids is 1. The minimum atomic E-state index is -1.04. The predicted molar refractivity (Wildman–Crippen MR) is 30.9 cm³/mol. The number of rotatable bonds is 3. The Kier molecular flexibility index (Phi) is 2.87. The Bertz CT molecular complexity index is 132. The molecule has 0 fully saturated rings. The number of carbonyl (C=O) groups is 2. The minimum absolute atomic E-state index is 0.282. The molecule has 0 saturated carbocycles. The molecule has 0 aromatic rings. The molecule has 0 amide bonds. The topological polar surface area (TPSA) is 80.4 Å². The van der Waals surface area contributed by atoms with Gasteiger partial charge < -0.3 is 10.8 Å². The van der Waals surface area contributed by atoms with E-state index in [-0.39, 0.29) is 12.2 Å². The van der Waals surface area contributed by atoms with Crippen LogP contribution in [0.5, 0.6) is 0 Å². The summed E-state index contributed by atoms with van der Waals surface area (Å²) in [6.07, 6.45) is -0.282. The van der Waals surface area contributed by atoms with Crippen molar-refractivity contribution in [2.24, 2.45) is 5.73 Å². The van der Waals surface area contributed by atoms with Crippen LogP contribution in [0.25, 0.3) is 0 Å². The summed E-state index contributed by atoms with van der Waals surface area (Å²) in [4.78, 5) is 20.2. The predicted octanol–water partition coefficient (Wildman–Crippen LogP) is -0.623. The van der Waals surface area contributed by atoms with E-state index in [1.165, 1.54) is 6.92 Å². The van der Waals surface area contributed by atoms with Crippen LogP contribution in [0.3, 0.4) is 0 Å². The lowest BCUT2D eigenvalue weighted by atomic mass is 10.1. The third-order valence-corrected chi connectivity index (χ3v) is 0.917. The van der Waals surface area contributed by atoms with Gasteiger partial charge in [-0.05, 0) is 6.92 Å². The van der Waals surface area contributed by atoms with Crippen LogP contribution in [0.1, 0.15) is 13.3 Å². The van der Waals surface area contributed by atoms with Crippen molar-refractivity contribution in [2.45, 2.75) is 19.4 Å². The zero-order valence-corrected chi connectivity index (χ0v) is 5.13. The van der Waals surface area contributed by atoms with Gasteiger partial charge in [0.25, 0.3) is 0 Å². The second kappa shape index (κ2) is 3.19. The lowest BCUT2D eigenvalue weighted by Crippen LogP contribution is -2.30. The average Bonchev–Trinajstić information content (AvgIpc) is 1.63. The fourth-order valence-electron chi connectivity index (χ4n) is 0.332. The highest BCUT2D eigenvalue weighted by Gasteiger charge is 2.11. The number of hydrogen-bond donors (Lipinski definition) is 2.